The Morgan fingerprint density at radius 3 is 2.00 bits per heavy atom. The zero-order valence-corrected chi connectivity index (χ0v) is 15.8. The molecule has 0 radical (unpaired) electrons. The molecule has 0 spiro atoms. The summed E-state index contributed by atoms with van der Waals surface area (Å²) in [5.41, 5.74) is 1.30. The maximum Gasteiger partial charge on any atom is 0.223 e. The Balaban J connectivity index is 1.58. The summed E-state index contributed by atoms with van der Waals surface area (Å²) in [5, 5.41) is 6.03. The summed E-state index contributed by atoms with van der Waals surface area (Å²) in [6.45, 7) is 2.04. The molecule has 0 bridgehead atoms. The Morgan fingerprint density at radius 2 is 1.46 bits per heavy atom. The van der Waals surface area contributed by atoms with E-state index in [-0.39, 0.29) is 23.7 Å². The van der Waals surface area contributed by atoms with E-state index in [1.54, 1.807) is 7.11 Å². The Labute approximate surface area is 156 Å². The lowest BCUT2D eigenvalue weighted by molar-refractivity contribution is -0.130. The summed E-state index contributed by atoms with van der Waals surface area (Å²) >= 11 is 0. The fraction of sp³-hybridized carbons (Fsp3) is 0.619. The first kappa shape index (κ1) is 20.4. The van der Waals surface area contributed by atoms with Crippen molar-refractivity contribution in [3.05, 3.63) is 35.9 Å². The topological polar surface area (TPSA) is 67.4 Å². The van der Waals surface area contributed by atoms with Crippen LogP contribution in [0.2, 0.25) is 0 Å². The van der Waals surface area contributed by atoms with E-state index in [1.165, 1.54) is 5.56 Å². The SMILES string of the molecule is COCCCNC(=O)C1CCC(C(=O)NCCCc2ccccc2)CC1. The highest BCUT2D eigenvalue weighted by Crippen LogP contribution is 2.29. The second-order valence-electron chi connectivity index (χ2n) is 7.07. The van der Waals surface area contributed by atoms with E-state index in [2.05, 4.69) is 22.8 Å². The smallest absolute Gasteiger partial charge is 0.223 e. The Hall–Kier alpha value is -1.88. The second-order valence-corrected chi connectivity index (χ2v) is 7.07. The fourth-order valence-corrected chi connectivity index (χ4v) is 3.48. The van der Waals surface area contributed by atoms with Crippen LogP contribution < -0.4 is 10.6 Å². The standard InChI is InChI=1S/C21H32N2O3/c1-26-16-6-15-23-21(25)19-12-10-18(11-13-19)20(24)22-14-5-9-17-7-3-2-4-8-17/h2-4,7-8,18-19H,5-6,9-16H2,1H3,(H,22,24)(H,23,25). The number of methoxy groups -OCH3 is 1. The normalized spacial score (nSPS) is 19.7. The molecule has 1 aromatic rings. The van der Waals surface area contributed by atoms with Crippen molar-refractivity contribution in [2.24, 2.45) is 11.8 Å². The van der Waals surface area contributed by atoms with Crippen LogP contribution in [0, 0.1) is 11.8 Å². The van der Waals surface area contributed by atoms with Crippen molar-refractivity contribution < 1.29 is 14.3 Å². The van der Waals surface area contributed by atoms with Gasteiger partial charge in [-0.15, -0.1) is 0 Å². The van der Waals surface area contributed by atoms with Crippen molar-refractivity contribution in [1.29, 1.82) is 0 Å². The molecule has 0 heterocycles. The van der Waals surface area contributed by atoms with Crippen LogP contribution in [-0.2, 0) is 20.7 Å². The predicted molar refractivity (Wildman–Crippen MR) is 103 cm³/mol. The van der Waals surface area contributed by atoms with E-state index in [9.17, 15) is 9.59 Å². The summed E-state index contributed by atoms with van der Waals surface area (Å²) in [6, 6.07) is 10.3. The molecule has 1 aromatic carbocycles. The van der Waals surface area contributed by atoms with Crippen molar-refractivity contribution in [2.45, 2.75) is 44.9 Å². The number of amides is 2. The molecular formula is C21H32N2O3. The molecule has 2 N–H and O–H groups in total. The van der Waals surface area contributed by atoms with E-state index in [0.717, 1.165) is 44.9 Å². The first-order chi connectivity index (χ1) is 12.7. The Bertz CT molecular complexity index is 539. The molecular weight excluding hydrogens is 328 g/mol. The van der Waals surface area contributed by atoms with Gasteiger partial charge >= 0.3 is 0 Å². The van der Waals surface area contributed by atoms with Crippen molar-refractivity contribution in [3.8, 4) is 0 Å². The monoisotopic (exact) mass is 360 g/mol. The van der Waals surface area contributed by atoms with Gasteiger partial charge < -0.3 is 15.4 Å². The maximum absolute atomic E-state index is 12.3. The summed E-state index contributed by atoms with van der Waals surface area (Å²) in [7, 11) is 1.66. The fourth-order valence-electron chi connectivity index (χ4n) is 3.48. The van der Waals surface area contributed by atoms with E-state index < -0.39 is 0 Å². The summed E-state index contributed by atoms with van der Waals surface area (Å²) in [6.07, 6.45) is 5.99. The number of hydrogen-bond acceptors (Lipinski definition) is 3. The van der Waals surface area contributed by atoms with Gasteiger partial charge in [-0.1, -0.05) is 30.3 Å². The molecule has 0 aromatic heterocycles. The second kappa shape index (κ2) is 11.7. The highest BCUT2D eigenvalue weighted by Gasteiger charge is 2.29. The molecule has 0 atom stereocenters. The number of rotatable bonds is 10. The molecule has 26 heavy (non-hydrogen) atoms. The number of carbonyl (C=O) groups excluding carboxylic acids is 2. The third kappa shape index (κ3) is 7.16. The van der Waals surface area contributed by atoms with Crippen LogP contribution in [0.25, 0.3) is 0 Å². The van der Waals surface area contributed by atoms with Gasteiger partial charge in [0.15, 0.2) is 0 Å². The van der Waals surface area contributed by atoms with Gasteiger partial charge in [0.2, 0.25) is 11.8 Å². The zero-order valence-electron chi connectivity index (χ0n) is 15.8. The Kier molecular flexibility index (Phi) is 9.18. The molecule has 0 unspecified atom stereocenters. The zero-order chi connectivity index (χ0) is 18.6. The first-order valence-corrected chi connectivity index (χ1v) is 9.79. The minimum Gasteiger partial charge on any atom is -0.385 e. The lowest BCUT2D eigenvalue weighted by Crippen LogP contribution is -2.38. The minimum atomic E-state index is 0.0553. The first-order valence-electron chi connectivity index (χ1n) is 9.79. The van der Waals surface area contributed by atoms with E-state index in [1.807, 2.05) is 18.2 Å². The number of hydrogen-bond donors (Lipinski definition) is 2. The van der Waals surface area contributed by atoms with Crippen molar-refractivity contribution >= 4 is 11.8 Å². The van der Waals surface area contributed by atoms with Crippen LogP contribution in [0.15, 0.2) is 30.3 Å². The van der Waals surface area contributed by atoms with E-state index >= 15 is 0 Å². The lowest BCUT2D eigenvalue weighted by Gasteiger charge is -2.27. The summed E-state index contributed by atoms with van der Waals surface area (Å²) in [5.74, 6) is 0.392. The Morgan fingerprint density at radius 1 is 0.923 bits per heavy atom. The number of ether oxygens (including phenoxy) is 1. The molecule has 5 heteroatoms. The molecule has 0 saturated heterocycles. The van der Waals surface area contributed by atoms with Crippen LogP contribution in [0.3, 0.4) is 0 Å². The number of aryl methyl sites for hydroxylation is 1. The van der Waals surface area contributed by atoms with Crippen LogP contribution in [-0.4, -0.2) is 38.6 Å². The molecule has 0 aliphatic heterocycles. The highest BCUT2D eigenvalue weighted by atomic mass is 16.5. The molecule has 1 saturated carbocycles. The minimum absolute atomic E-state index is 0.0553. The van der Waals surface area contributed by atoms with Gasteiger partial charge in [0.1, 0.15) is 0 Å². The van der Waals surface area contributed by atoms with E-state index in [0.29, 0.717) is 19.7 Å². The molecule has 5 nitrogen and oxygen atoms in total. The lowest BCUT2D eigenvalue weighted by atomic mass is 9.81. The predicted octanol–water partition coefficient (Wildman–Crippen LogP) is 2.69. The quantitative estimate of drug-likeness (QED) is 0.631. The van der Waals surface area contributed by atoms with Gasteiger partial charge in [0, 0.05) is 38.6 Å². The molecule has 2 amide bonds. The van der Waals surface area contributed by atoms with Gasteiger partial charge in [-0.3, -0.25) is 9.59 Å². The van der Waals surface area contributed by atoms with Gasteiger partial charge in [0.25, 0.3) is 0 Å². The largest absolute Gasteiger partial charge is 0.385 e. The third-order valence-corrected chi connectivity index (χ3v) is 5.08. The van der Waals surface area contributed by atoms with Gasteiger partial charge in [0.05, 0.1) is 0 Å². The average molecular weight is 360 g/mol. The van der Waals surface area contributed by atoms with Crippen LogP contribution >= 0.6 is 0 Å². The maximum atomic E-state index is 12.3. The number of carbonyl (C=O) groups is 2. The van der Waals surface area contributed by atoms with E-state index in [4.69, 9.17) is 4.74 Å². The number of nitrogens with one attached hydrogen (secondary N) is 2. The van der Waals surface area contributed by atoms with Gasteiger partial charge in [-0.2, -0.15) is 0 Å². The van der Waals surface area contributed by atoms with Crippen LogP contribution in [0.1, 0.15) is 44.1 Å². The molecule has 1 aliphatic rings. The van der Waals surface area contributed by atoms with Gasteiger partial charge in [-0.25, -0.2) is 0 Å². The molecule has 144 valence electrons. The molecule has 1 fully saturated rings. The molecule has 2 rings (SSSR count). The highest BCUT2D eigenvalue weighted by molar-refractivity contribution is 5.81. The van der Waals surface area contributed by atoms with Gasteiger partial charge in [-0.05, 0) is 50.5 Å². The summed E-state index contributed by atoms with van der Waals surface area (Å²) < 4.78 is 4.98. The van der Waals surface area contributed by atoms with Crippen molar-refractivity contribution in [3.63, 3.8) is 0 Å². The van der Waals surface area contributed by atoms with Crippen LogP contribution in [0.4, 0.5) is 0 Å². The van der Waals surface area contributed by atoms with Crippen molar-refractivity contribution in [1.82, 2.24) is 10.6 Å². The number of benzene rings is 1. The molecule has 1 aliphatic carbocycles. The summed E-state index contributed by atoms with van der Waals surface area (Å²) in [4.78, 5) is 24.4. The third-order valence-electron chi connectivity index (χ3n) is 5.08. The van der Waals surface area contributed by atoms with Crippen LogP contribution in [0.5, 0.6) is 0 Å². The van der Waals surface area contributed by atoms with Crippen molar-refractivity contribution in [2.75, 3.05) is 26.8 Å². The average Bonchev–Trinajstić information content (AvgIpc) is 2.69.